The molecule has 0 N–H and O–H groups in total. The van der Waals surface area contributed by atoms with Crippen LogP contribution in [0.2, 0.25) is 0 Å². The number of carbonyl (C=O) groups excluding carboxylic acids is 2. The highest BCUT2D eigenvalue weighted by Crippen LogP contribution is 2.17. The lowest BCUT2D eigenvalue weighted by Crippen LogP contribution is -2.48. The molecular formula is C24H29N3O3. The van der Waals surface area contributed by atoms with E-state index in [9.17, 15) is 9.59 Å². The molecule has 2 saturated heterocycles. The lowest BCUT2D eigenvalue weighted by molar-refractivity contribution is 0.0628. The molecule has 6 nitrogen and oxygen atoms in total. The van der Waals surface area contributed by atoms with Gasteiger partial charge in [0.15, 0.2) is 0 Å². The van der Waals surface area contributed by atoms with E-state index in [1.807, 2.05) is 40.1 Å². The van der Waals surface area contributed by atoms with Gasteiger partial charge in [0.05, 0.1) is 7.11 Å². The van der Waals surface area contributed by atoms with Crippen LogP contribution in [0.4, 0.5) is 0 Å². The molecule has 0 saturated carbocycles. The molecule has 2 aromatic rings. The number of likely N-dealkylation sites (tertiary alicyclic amines) is 1. The molecule has 30 heavy (non-hydrogen) atoms. The Kier molecular flexibility index (Phi) is 6.33. The number of hydrogen-bond acceptors (Lipinski definition) is 4. The number of methoxy groups -OCH3 is 1. The van der Waals surface area contributed by atoms with Gasteiger partial charge in [-0.3, -0.25) is 14.5 Å². The summed E-state index contributed by atoms with van der Waals surface area (Å²) in [4.78, 5) is 31.4. The number of amides is 2. The molecule has 6 heteroatoms. The number of hydrogen-bond donors (Lipinski definition) is 0. The van der Waals surface area contributed by atoms with Crippen LogP contribution in [0.1, 0.15) is 39.1 Å². The number of piperazine rings is 1. The van der Waals surface area contributed by atoms with Gasteiger partial charge in [-0.2, -0.15) is 0 Å². The van der Waals surface area contributed by atoms with Crippen LogP contribution in [0.3, 0.4) is 0 Å². The molecular weight excluding hydrogens is 378 g/mol. The van der Waals surface area contributed by atoms with Crippen LogP contribution in [0, 0.1) is 0 Å². The van der Waals surface area contributed by atoms with Crippen LogP contribution < -0.4 is 4.74 Å². The summed E-state index contributed by atoms with van der Waals surface area (Å²) < 4.78 is 5.23. The van der Waals surface area contributed by atoms with Crippen molar-refractivity contribution in [2.24, 2.45) is 0 Å². The fourth-order valence-electron chi connectivity index (χ4n) is 4.16. The fourth-order valence-corrected chi connectivity index (χ4v) is 4.16. The van der Waals surface area contributed by atoms with E-state index in [1.54, 1.807) is 13.2 Å². The summed E-state index contributed by atoms with van der Waals surface area (Å²) in [5.74, 6) is 0.896. The smallest absolute Gasteiger partial charge is 0.254 e. The Labute approximate surface area is 178 Å². The van der Waals surface area contributed by atoms with Crippen molar-refractivity contribution in [1.82, 2.24) is 14.7 Å². The van der Waals surface area contributed by atoms with Gasteiger partial charge in [-0.1, -0.05) is 18.2 Å². The summed E-state index contributed by atoms with van der Waals surface area (Å²) in [7, 11) is 1.61. The van der Waals surface area contributed by atoms with Gasteiger partial charge in [-0.05, 0) is 48.7 Å². The number of ether oxygens (including phenoxy) is 1. The molecule has 0 atom stereocenters. The molecule has 2 aromatic carbocycles. The van der Waals surface area contributed by atoms with Gasteiger partial charge >= 0.3 is 0 Å². The van der Waals surface area contributed by atoms with E-state index in [0.717, 1.165) is 51.1 Å². The zero-order chi connectivity index (χ0) is 20.9. The van der Waals surface area contributed by atoms with Gasteiger partial charge in [0.2, 0.25) is 0 Å². The van der Waals surface area contributed by atoms with Crippen molar-refractivity contribution in [2.75, 3.05) is 46.4 Å². The minimum absolute atomic E-state index is 0.0540. The summed E-state index contributed by atoms with van der Waals surface area (Å²) >= 11 is 0. The summed E-state index contributed by atoms with van der Waals surface area (Å²) in [6.07, 6.45) is 2.21. The van der Waals surface area contributed by atoms with Crippen molar-refractivity contribution in [3.05, 3.63) is 65.2 Å². The van der Waals surface area contributed by atoms with E-state index in [0.29, 0.717) is 24.4 Å². The third kappa shape index (κ3) is 4.65. The van der Waals surface area contributed by atoms with Crippen LogP contribution in [0.25, 0.3) is 0 Å². The molecule has 0 bridgehead atoms. The minimum atomic E-state index is 0.0540. The van der Waals surface area contributed by atoms with Crippen LogP contribution in [-0.2, 0) is 6.54 Å². The third-order valence-corrected chi connectivity index (χ3v) is 5.98. The Bertz CT molecular complexity index is 883. The summed E-state index contributed by atoms with van der Waals surface area (Å²) in [6, 6.07) is 15.3. The van der Waals surface area contributed by atoms with Gasteiger partial charge in [0.25, 0.3) is 11.8 Å². The van der Waals surface area contributed by atoms with Crippen LogP contribution >= 0.6 is 0 Å². The molecule has 2 amide bonds. The van der Waals surface area contributed by atoms with E-state index in [1.165, 1.54) is 5.56 Å². The number of nitrogens with zero attached hydrogens (tertiary/aromatic N) is 3. The van der Waals surface area contributed by atoms with Crippen LogP contribution in [-0.4, -0.2) is 72.9 Å². The van der Waals surface area contributed by atoms with Crippen molar-refractivity contribution >= 4 is 11.8 Å². The standard InChI is InChI=1S/C24H29N3O3/c1-30-22-6-4-5-21(17-22)24(29)27-15-13-25(14-16-27)18-19-7-9-20(10-8-19)23(28)26-11-2-3-12-26/h4-10,17H,2-3,11-16,18H2,1H3. The average molecular weight is 408 g/mol. The highest BCUT2D eigenvalue weighted by molar-refractivity contribution is 5.95. The largest absolute Gasteiger partial charge is 0.497 e. The summed E-state index contributed by atoms with van der Waals surface area (Å²) in [5, 5.41) is 0. The SMILES string of the molecule is COc1cccc(C(=O)N2CCN(Cc3ccc(C(=O)N4CCCC4)cc3)CC2)c1. The van der Waals surface area contributed by atoms with Gasteiger partial charge in [-0.15, -0.1) is 0 Å². The van der Waals surface area contributed by atoms with Crippen LogP contribution in [0.15, 0.2) is 48.5 Å². The topological polar surface area (TPSA) is 53.1 Å². The maximum atomic E-state index is 12.8. The maximum Gasteiger partial charge on any atom is 0.254 e. The monoisotopic (exact) mass is 407 g/mol. The van der Waals surface area contributed by atoms with Crippen LogP contribution in [0.5, 0.6) is 5.75 Å². The number of carbonyl (C=O) groups is 2. The lowest BCUT2D eigenvalue weighted by atomic mass is 10.1. The second-order valence-electron chi connectivity index (χ2n) is 8.00. The Balaban J connectivity index is 1.29. The van der Waals surface area contributed by atoms with Crippen molar-refractivity contribution in [2.45, 2.75) is 19.4 Å². The Morgan fingerprint density at radius 3 is 2.10 bits per heavy atom. The molecule has 0 radical (unpaired) electrons. The van der Waals surface area contributed by atoms with Crippen molar-refractivity contribution in [3.8, 4) is 5.75 Å². The predicted octanol–water partition coefficient (Wildman–Crippen LogP) is 2.89. The molecule has 158 valence electrons. The molecule has 2 aliphatic heterocycles. The van der Waals surface area contributed by atoms with E-state index < -0.39 is 0 Å². The molecule has 0 aliphatic carbocycles. The minimum Gasteiger partial charge on any atom is -0.497 e. The second kappa shape index (κ2) is 9.30. The molecule has 0 spiro atoms. The quantitative estimate of drug-likeness (QED) is 0.765. The summed E-state index contributed by atoms with van der Waals surface area (Å²) in [5.41, 5.74) is 2.64. The van der Waals surface area contributed by atoms with E-state index in [-0.39, 0.29) is 11.8 Å². The first-order valence-electron chi connectivity index (χ1n) is 10.7. The third-order valence-electron chi connectivity index (χ3n) is 5.98. The Morgan fingerprint density at radius 2 is 1.43 bits per heavy atom. The molecule has 2 aliphatic rings. The molecule has 4 rings (SSSR count). The average Bonchev–Trinajstić information content (AvgIpc) is 3.34. The van der Waals surface area contributed by atoms with E-state index in [2.05, 4.69) is 17.0 Å². The number of rotatable bonds is 5. The van der Waals surface area contributed by atoms with Gasteiger partial charge in [-0.25, -0.2) is 0 Å². The van der Waals surface area contributed by atoms with Gasteiger partial charge < -0.3 is 14.5 Å². The highest BCUT2D eigenvalue weighted by Gasteiger charge is 2.23. The Morgan fingerprint density at radius 1 is 0.800 bits per heavy atom. The molecule has 2 heterocycles. The first kappa shape index (κ1) is 20.4. The van der Waals surface area contributed by atoms with Crippen molar-refractivity contribution in [1.29, 1.82) is 0 Å². The zero-order valence-electron chi connectivity index (χ0n) is 17.5. The second-order valence-corrected chi connectivity index (χ2v) is 8.00. The van der Waals surface area contributed by atoms with Crippen molar-refractivity contribution in [3.63, 3.8) is 0 Å². The molecule has 2 fully saturated rings. The molecule has 0 aromatic heterocycles. The predicted molar refractivity (Wildman–Crippen MR) is 116 cm³/mol. The Hall–Kier alpha value is -2.86. The van der Waals surface area contributed by atoms with E-state index >= 15 is 0 Å². The first-order valence-corrected chi connectivity index (χ1v) is 10.7. The van der Waals surface area contributed by atoms with Crippen molar-refractivity contribution < 1.29 is 14.3 Å². The lowest BCUT2D eigenvalue weighted by Gasteiger charge is -2.34. The zero-order valence-corrected chi connectivity index (χ0v) is 17.5. The summed E-state index contributed by atoms with van der Waals surface area (Å²) in [6.45, 7) is 5.68. The molecule has 0 unspecified atom stereocenters. The van der Waals surface area contributed by atoms with Gasteiger partial charge in [0.1, 0.15) is 5.75 Å². The maximum absolute atomic E-state index is 12.8. The fraction of sp³-hybridized carbons (Fsp3) is 0.417. The first-order chi connectivity index (χ1) is 14.6. The van der Waals surface area contributed by atoms with Gasteiger partial charge in [0, 0.05) is 56.9 Å². The normalized spacial score (nSPS) is 17.2. The highest BCUT2D eigenvalue weighted by atomic mass is 16.5. The number of benzene rings is 2. The van der Waals surface area contributed by atoms with E-state index in [4.69, 9.17) is 4.74 Å².